The maximum atomic E-state index is 12.2. The molecule has 0 aliphatic heterocycles. The van der Waals surface area contributed by atoms with Crippen LogP contribution in [0.1, 0.15) is 16.9 Å². The van der Waals surface area contributed by atoms with Crippen LogP contribution in [0.3, 0.4) is 0 Å². The Labute approximate surface area is 143 Å². The summed E-state index contributed by atoms with van der Waals surface area (Å²) in [6.07, 6.45) is 11.2. The number of hydrogen-bond donors (Lipinski definition) is 1. The van der Waals surface area contributed by atoms with Crippen molar-refractivity contribution in [1.82, 2.24) is 29.8 Å². The Balaban J connectivity index is 1.52. The van der Waals surface area contributed by atoms with Crippen molar-refractivity contribution in [1.29, 1.82) is 0 Å². The van der Waals surface area contributed by atoms with Crippen LogP contribution in [0.25, 0.3) is 0 Å². The van der Waals surface area contributed by atoms with E-state index in [4.69, 9.17) is 0 Å². The number of aryl methyl sites for hydroxylation is 1. The molecule has 7 nitrogen and oxygen atoms in total. The highest BCUT2D eigenvalue weighted by Crippen LogP contribution is 2.23. The molecule has 0 aliphatic carbocycles. The van der Waals surface area contributed by atoms with Gasteiger partial charge in [-0.15, -0.1) is 0 Å². The van der Waals surface area contributed by atoms with Crippen molar-refractivity contribution in [3.63, 3.8) is 0 Å². The van der Waals surface area contributed by atoms with Crippen molar-refractivity contribution in [2.45, 2.75) is 23.0 Å². The van der Waals surface area contributed by atoms with Gasteiger partial charge in [0.05, 0.1) is 6.33 Å². The minimum absolute atomic E-state index is 0.183. The first-order chi connectivity index (χ1) is 11.8. The Morgan fingerprint density at radius 1 is 1.17 bits per heavy atom. The normalized spacial score (nSPS) is 10.5. The Morgan fingerprint density at radius 3 is 2.83 bits per heavy atom. The molecule has 0 spiro atoms. The lowest BCUT2D eigenvalue weighted by Gasteiger charge is -2.06. The van der Waals surface area contributed by atoms with Gasteiger partial charge in [-0.2, -0.15) is 0 Å². The highest BCUT2D eigenvalue weighted by atomic mass is 32.2. The summed E-state index contributed by atoms with van der Waals surface area (Å²) < 4.78 is 1.97. The standard InChI is InChI=1S/C16H16N6OS/c23-15(19-6-2-9-22-10-8-17-12-22)14-11-13(3-7-18-14)24-16-20-4-1-5-21-16/h1,3-5,7-8,10-12H,2,6,9H2,(H,19,23). The van der Waals surface area contributed by atoms with E-state index in [9.17, 15) is 4.79 Å². The third-order valence-electron chi connectivity index (χ3n) is 3.15. The van der Waals surface area contributed by atoms with E-state index < -0.39 is 0 Å². The van der Waals surface area contributed by atoms with Gasteiger partial charge in [-0.05, 0) is 36.4 Å². The van der Waals surface area contributed by atoms with Gasteiger partial charge in [0.2, 0.25) is 0 Å². The molecule has 3 aromatic heterocycles. The monoisotopic (exact) mass is 340 g/mol. The average molecular weight is 340 g/mol. The van der Waals surface area contributed by atoms with Crippen LogP contribution in [0, 0.1) is 0 Å². The van der Waals surface area contributed by atoms with E-state index in [1.54, 1.807) is 43.2 Å². The fourth-order valence-electron chi connectivity index (χ4n) is 2.02. The number of nitrogens with zero attached hydrogens (tertiary/aromatic N) is 5. The van der Waals surface area contributed by atoms with Crippen LogP contribution < -0.4 is 5.32 Å². The van der Waals surface area contributed by atoms with E-state index in [0.29, 0.717) is 17.4 Å². The van der Waals surface area contributed by atoms with Gasteiger partial charge in [-0.1, -0.05) is 0 Å². The van der Waals surface area contributed by atoms with Gasteiger partial charge in [-0.3, -0.25) is 9.78 Å². The fourth-order valence-corrected chi connectivity index (χ4v) is 2.75. The number of hydrogen-bond acceptors (Lipinski definition) is 6. The van der Waals surface area contributed by atoms with Crippen molar-refractivity contribution in [2.75, 3.05) is 6.54 Å². The van der Waals surface area contributed by atoms with Crippen LogP contribution in [0.4, 0.5) is 0 Å². The van der Waals surface area contributed by atoms with Crippen LogP contribution >= 0.6 is 11.8 Å². The topological polar surface area (TPSA) is 85.6 Å². The second-order valence-corrected chi connectivity index (χ2v) is 5.96. The van der Waals surface area contributed by atoms with Crippen molar-refractivity contribution in [2.24, 2.45) is 0 Å². The van der Waals surface area contributed by atoms with Gasteiger partial charge in [0, 0.05) is 49.0 Å². The number of pyridine rings is 1. The molecular weight excluding hydrogens is 324 g/mol. The van der Waals surface area contributed by atoms with E-state index in [1.807, 2.05) is 16.8 Å². The molecule has 0 atom stereocenters. The van der Waals surface area contributed by atoms with E-state index in [2.05, 4.69) is 25.3 Å². The van der Waals surface area contributed by atoms with Crippen molar-refractivity contribution in [3.8, 4) is 0 Å². The number of nitrogens with one attached hydrogen (secondary N) is 1. The van der Waals surface area contributed by atoms with Gasteiger partial charge in [-0.25, -0.2) is 15.0 Å². The van der Waals surface area contributed by atoms with Gasteiger partial charge in [0.15, 0.2) is 5.16 Å². The van der Waals surface area contributed by atoms with Gasteiger partial charge < -0.3 is 9.88 Å². The number of carbonyl (C=O) groups is 1. The third kappa shape index (κ3) is 4.63. The molecule has 0 saturated heterocycles. The number of imidazole rings is 1. The smallest absolute Gasteiger partial charge is 0.269 e. The molecule has 1 N–H and O–H groups in total. The summed E-state index contributed by atoms with van der Waals surface area (Å²) in [7, 11) is 0. The van der Waals surface area contributed by atoms with Crippen LogP contribution in [0.15, 0.2) is 65.6 Å². The molecule has 0 aliphatic rings. The maximum Gasteiger partial charge on any atom is 0.269 e. The largest absolute Gasteiger partial charge is 0.351 e. The molecule has 0 fully saturated rings. The number of amides is 1. The van der Waals surface area contributed by atoms with Crippen LogP contribution in [-0.2, 0) is 6.54 Å². The van der Waals surface area contributed by atoms with Crippen LogP contribution in [0.2, 0.25) is 0 Å². The van der Waals surface area contributed by atoms with Gasteiger partial charge in [0.1, 0.15) is 5.69 Å². The van der Waals surface area contributed by atoms with Gasteiger partial charge in [0.25, 0.3) is 5.91 Å². The molecule has 3 heterocycles. The summed E-state index contributed by atoms with van der Waals surface area (Å²) >= 11 is 1.39. The van der Waals surface area contributed by atoms with E-state index in [1.165, 1.54) is 11.8 Å². The Bertz CT molecular complexity index is 778. The summed E-state index contributed by atoms with van der Waals surface area (Å²) in [6, 6.07) is 5.34. The second-order valence-electron chi connectivity index (χ2n) is 4.92. The zero-order valence-electron chi connectivity index (χ0n) is 12.9. The molecule has 24 heavy (non-hydrogen) atoms. The highest BCUT2D eigenvalue weighted by Gasteiger charge is 2.08. The zero-order chi connectivity index (χ0) is 16.6. The molecule has 0 unspecified atom stereocenters. The summed E-state index contributed by atoms with van der Waals surface area (Å²) in [6.45, 7) is 1.40. The minimum atomic E-state index is -0.183. The van der Waals surface area contributed by atoms with Crippen LogP contribution in [0.5, 0.6) is 0 Å². The summed E-state index contributed by atoms with van der Waals surface area (Å²) in [5.41, 5.74) is 0.388. The molecule has 122 valence electrons. The Morgan fingerprint density at radius 2 is 2.04 bits per heavy atom. The average Bonchev–Trinajstić information content (AvgIpc) is 3.13. The van der Waals surface area contributed by atoms with Gasteiger partial charge >= 0.3 is 0 Å². The Hall–Kier alpha value is -2.74. The lowest BCUT2D eigenvalue weighted by molar-refractivity contribution is 0.0947. The third-order valence-corrected chi connectivity index (χ3v) is 4.04. The van der Waals surface area contributed by atoms with Crippen LogP contribution in [-0.4, -0.2) is 37.0 Å². The SMILES string of the molecule is O=C(NCCCn1ccnc1)c1cc(Sc2ncccn2)ccn1. The number of carbonyl (C=O) groups excluding carboxylic acids is 1. The Kier molecular flexibility index (Phi) is 5.52. The van der Waals surface area contributed by atoms with E-state index in [-0.39, 0.29) is 5.91 Å². The maximum absolute atomic E-state index is 12.2. The molecule has 8 heteroatoms. The second kappa shape index (κ2) is 8.21. The molecule has 1 amide bonds. The first-order valence-electron chi connectivity index (χ1n) is 7.46. The molecule has 3 aromatic rings. The fraction of sp³-hybridized carbons (Fsp3) is 0.188. The minimum Gasteiger partial charge on any atom is -0.351 e. The predicted octanol–water partition coefficient (Wildman–Crippen LogP) is 2.04. The first kappa shape index (κ1) is 16.1. The molecule has 0 bridgehead atoms. The predicted molar refractivity (Wildman–Crippen MR) is 89.6 cm³/mol. The van der Waals surface area contributed by atoms with Crippen molar-refractivity contribution in [3.05, 3.63) is 61.2 Å². The van der Waals surface area contributed by atoms with E-state index >= 15 is 0 Å². The zero-order valence-corrected chi connectivity index (χ0v) is 13.7. The molecule has 0 saturated carbocycles. The lowest BCUT2D eigenvalue weighted by atomic mass is 10.3. The quantitative estimate of drug-likeness (QED) is 0.523. The van der Waals surface area contributed by atoms with Crippen molar-refractivity contribution < 1.29 is 4.79 Å². The molecule has 0 aromatic carbocycles. The number of aromatic nitrogens is 5. The summed E-state index contributed by atoms with van der Waals surface area (Å²) in [5.74, 6) is -0.183. The lowest BCUT2D eigenvalue weighted by Crippen LogP contribution is -2.26. The highest BCUT2D eigenvalue weighted by molar-refractivity contribution is 7.99. The summed E-state index contributed by atoms with van der Waals surface area (Å²) in [5, 5.41) is 3.51. The first-order valence-corrected chi connectivity index (χ1v) is 8.28. The molecular formula is C16H16N6OS. The van der Waals surface area contributed by atoms with Crippen molar-refractivity contribution >= 4 is 17.7 Å². The molecule has 3 rings (SSSR count). The molecule has 0 radical (unpaired) electrons. The number of rotatable bonds is 7. The van der Waals surface area contributed by atoms with E-state index in [0.717, 1.165) is 17.9 Å². The summed E-state index contributed by atoms with van der Waals surface area (Å²) in [4.78, 5) is 29.5.